The third-order valence-electron chi connectivity index (χ3n) is 1.72. The molecule has 0 radical (unpaired) electrons. The highest BCUT2D eigenvalue weighted by molar-refractivity contribution is 6.29. The SMILES string of the molecule is COC1(C(=O)CCl)CC1. The van der Waals surface area contributed by atoms with Gasteiger partial charge in [0.05, 0.1) is 5.88 Å². The van der Waals surface area contributed by atoms with Crippen LogP contribution in [0.1, 0.15) is 12.8 Å². The molecule has 0 aromatic heterocycles. The number of carbonyl (C=O) groups excluding carboxylic acids is 1. The minimum atomic E-state index is -0.470. The molecule has 1 saturated carbocycles. The van der Waals surface area contributed by atoms with Gasteiger partial charge in [-0.3, -0.25) is 4.79 Å². The lowest BCUT2D eigenvalue weighted by atomic mass is 10.2. The fourth-order valence-electron chi connectivity index (χ4n) is 0.832. The molecular weight excluding hydrogens is 140 g/mol. The van der Waals surface area contributed by atoms with E-state index in [1.165, 1.54) is 0 Å². The molecule has 0 heterocycles. The second-order valence-corrected chi connectivity index (χ2v) is 2.52. The largest absolute Gasteiger partial charge is 0.370 e. The van der Waals surface area contributed by atoms with Crippen LogP contribution in [0.4, 0.5) is 0 Å². The first kappa shape index (κ1) is 7.03. The molecule has 1 aliphatic carbocycles. The molecule has 1 aliphatic rings. The van der Waals surface area contributed by atoms with Crippen LogP contribution in [-0.2, 0) is 9.53 Å². The van der Waals surface area contributed by atoms with Crippen molar-refractivity contribution >= 4 is 17.4 Å². The number of rotatable bonds is 3. The second-order valence-electron chi connectivity index (χ2n) is 2.26. The van der Waals surface area contributed by atoms with Crippen molar-refractivity contribution in [2.45, 2.75) is 18.4 Å². The van der Waals surface area contributed by atoms with Crippen LogP contribution in [0.25, 0.3) is 0 Å². The highest BCUT2D eigenvalue weighted by atomic mass is 35.5. The smallest absolute Gasteiger partial charge is 0.179 e. The van der Waals surface area contributed by atoms with Gasteiger partial charge >= 0.3 is 0 Å². The Kier molecular flexibility index (Phi) is 1.78. The van der Waals surface area contributed by atoms with Crippen molar-refractivity contribution < 1.29 is 9.53 Å². The van der Waals surface area contributed by atoms with Crippen LogP contribution < -0.4 is 0 Å². The molecule has 0 bridgehead atoms. The number of ether oxygens (including phenoxy) is 1. The summed E-state index contributed by atoms with van der Waals surface area (Å²) in [5, 5.41) is 0. The number of Topliss-reactive ketones (excluding diaryl/α,β-unsaturated/α-hetero) is 1. The van der Waals surface area contributed by atoms with Crippen LogP contribution >= 0.6 is 11.6 Å². The van der Waals surface area contributed by atoms with Gasteiger partial charge < -0.3 is 4.74 Å². The fourth-order valence-corrected chi connectivity index (χ4v) is 1.08. The Morgan fingerprint density at radius 3 is 2.44 bits per heavy atom. The van der Waals surface area contributed by atoms with Crippen LogP contribution in [0, 0.1) is 0 Å². The van der Waals surface area contributed by atoms with Gasteiger partial charge in [-0.1, -0.05) is 0 Å². The number of alkyl halides is 1. The van der Waals surface area contributed by atoms with E-state index in [2.05, 4.69) is 0 Å². The number of hydrogen-bond acceptors (Lipinski definition) is 2. The van der Waals surface area contributed by atoms with E-state index in [4.69, 9.17) is 16.3 Å². The first-order valence-corrected chi connectivity index (χ1v) is 3.43. The average Bonchev–Trinajstić information content (AvgIpc) is 2.66. The molecule has 0 saturated heterocycles. The summed E-state index contributed by atoms with van der Waals surface area (Å²) in [5.74, 6) is 0.0973. The quantitative estimate of drug-likeness (QED) is 0.558. The molecule has 3 heteroatoms. The Hall–Kier alpha value is -0.0800. The van der Waals surface area contributed by atoms with Crippen LogP contribution in [0.2, 0.25) is 0 Å². The molecule has 0 amide bonds. The van der Waals surface area contributed by atoms with Crippen molar-refractivity contribution in [3.8, 4) is 0 Å². The Morgan fingerprint density at radius 1 is 1.78 bits per heavy atom. The molecule has 0 unspecified atom stereocenters. The molecule has 0 N–H and O–H groups in total. The van der Waals surface area contributed by atoms with Crippen molar-refractivity contribution in [1.29, 1.82) is 0 Å². The van der Waals surface area contributed by atoms with Gasteiger partial charge in [0.25, 0.3) is 0 Å². The van der Waals surface area contributed by atoms with Gasteiger partial charge in [0.1, 0.15) is 5.60 Å². The van der Waals surface area contributed by atoms with Crippen molar-refractivity contribution in [2.24, 2.45) is 0 Å². The van der Waals surface area contributed by atoms with E-state index in [1.54, 1.807) is 7.11 Å². The van der Waals surface area contributed by atoms with Crippen molar-refractivity contribution in [3.05, 3.63) is 0 Å². The van der Waals surface area contributed by atoms with Crippen molar-refractivity contribution in [1.82, 2.24) is 0 Å². The molecule has 0 atom stereocenters. The monoisotopic (exact) mass is 148 g/mol. The highest BCUT2D eigenvalue weighted by Gasteiger charge is 2.49. The van der Waals surface area contributed by atoms with Gasteiger partial charge in [-0.15, -0.1) is 11.6 Å². The third-order valence-corrected chi connectivity index (χ3v) is 1.97. The summed E-state index contributed by atoms with van der Waals surface area (Å²) >= 11 is 5.33. The van der Waals surface area contributed by atoms with E-state index in [0.717, 1.165) is 12.8 Å². The highest BCUT2D eigenvalue weighted by Crippen LogP contribution is 2.39. The number of carbonyl (C=O) groups is 1. The zero-order valence-corrected chi connectivity index (χ0v) is 6.07. The van der Waals surface area contributed by atoms with Gasteiger partial charge in [0.15, 0.2) is 5.78 Å². The maximum atomic E-state index is 10.9. The van der Waals surface area contributed by atoms with E-state index in [9.17, 15) is 4.79 Å². The van der Waals surface area contributed by atoms with Gasteiger partial charge in [0, 0.05) is 7.11 Å². The minimum absolute atomic E-state index is 0.0201. The Morgan fingerprint density at radius 2 is 2.33 bits per heavy atom. The zero-order valence-electron chi connectivity index (χ0n) is 5.32. The van der Waals surface area contributed by atoms with Crippen LogP contribution in [0.15, 0.2) is 0 Å². The van der Waals surface area contributed by atoms with E-state index in [0.29, 0.717) is 0 Å². The molecule has 52 valence electrons. The maximum absolute atomic E-state index is 10.9. The molecule has 2 nitrogen and oxygen atoms in total. The van der Waals surface area contributed by atoms with Gasteiger partial charge in [-0.2, -0.15) is 0 Å². The molecule has 0 spiro atoms. The first-order valence-electron chi connectivity index (χ1n) is 2.89. The summed E-state index contributed by atoms with van der Waals surface area (Å²) in [5.41, 5.74) is -0.470. The molecule has 0 aromatic rings. The molecule has 1 fully saturated rings. The summed E-state index contributed by atoms with van der Waals surface area (Å²) in [6.07, 6.45) is 1.68. The van der Waals surface area contributed by atoms with Gasteiger partial charge in [0.2, 0.25) is 0 Å². The Balaban J connectivity index is 2.49. The lowest BCUT2D eigenvalue weighted by Crippen LogP contribution is -2.25. The predicted molar refractivity (Wildman–Crippen MR) is 34.7 cm³/mol. The van der Waals surface area contributed by atoms with Crippen molar-refractivity contribution in [2.75, 3.05) is 13.0 Å². The Labute approximate surface area is 59.1 Å². The lowest BCUT2D eigenvalue weighted by Gasteiger charge is -2.07. The maximum Gasteiger partial charge on any atom is 0.179 e. The van der Waals surface area contributed by atoms with E-state index < -0.39 is 5.60 Å². The van der Waals surface area contributed by atoms with Crippen LogP contribution in [-0.4, -0.2) is 24.4 Å². The third kappa shape index (κ3) is 1.10. The summed E-state index contributed by atoms with van der Waals surface area (Å²) in [4.78, 5) is 10.9. The summed E-state index contributed by atoms with van der Waals surface area (Å²) in [7, 11) is 1.55. The summed E-state index contributed by atoms with van der Waals surface area (Å²) < 4.78 is 4.97. The average molecular weight is 149 g/mol. The van der Waals surface area contributed by atoms with E-state index in [1.807, 2.05) is 0 Å². The first-order chi connectivity index (χ1) is 4.25. The van der Waals surface area contributed by atoms with Gasteiger partial charge in [-0.25, -0.2) is 0 Å². The molecule has 9 heavy (non-hydrogen) atoms. The molecule has 1 rings (SSSR count). The topological polar surface area (TPSA) is 26.3 Å². The molecule has 0 aliphatic heterocycles. The van der Waals surface area contributed by atoms with E-state index >= 15 is 0 Å². The van der Waals surface area contributed by atoms with E-state index in [-0.39, 0.29) is 11.7 Å². The van der Waals surface area contributed by atoms with Crippen LogP contribution in [0.3, 0.4) is 0 Å². The molecule has 0 aromatic carbocycles. The fraction of sp³-hybridized carbons (Fsp3) is 0.833. The standard InChI is InChI=1S/C6H9ClO2/c1-9-6(2-3-6)5(8)4-7/h2-4H2,1H3. The summed E-state index contributed by atoms with van der Waals surface area (Å²) in [6.45, 7) is 0. The zero-order chi connectivity index (χ0) is 6.91. The van der Waals surface area contributed by atoms with Crippen LogP contribution in [0.5, 0.6) is 0 Å². The molecular formula is C6H9ClO2. The predicted octanol–water partition coefficient (Wildman–Crippen LogP) is 0.973. The Bertz CT molecular complexity index is 129. The van der Waals surface area contributed by atoms with Gasteiger partial charge in [-0.05, 0) is 12.8 Å². The number of methoxy groups -OCH3 is 1. The lowest BCUT2D eigenvalue weighted by molar-refractivity contribution is -0.128. The normalized spacial score (nSPS) is 21.6. The number of ketones is 1. The van der Waals surface area contributed by atoms with Crippen molar-refractivity contribution in [3.63, 3.8) is 0 Å². The summed E-state index contributed by atoms with van der Waals surface area (Å²) in [6, 6.07) is 0. The number of halogens is 1. The minimum Gasteiger partial charge on any atom is -0.370 e. The second kappa shape index (κ2) is 2.27. The number of hydrogen-bond donors (Lipinski definition) is 0.